The first kappa shape index (κ1) is 16.9. The summed E-state index contributed by atoms with van der Waals surface area (Å²) >= 11 is 11.9. The lowest BCUT2D eigenvalue weighted by molar-refractivity contribution is 0.0475. The molecule has 1 aliphatic heterocycles. The van der Waals surface area contributed by atoms with Gasteiger partial charge in [-0.05, 0) is 37.3 Å². The quantitative estimate of drug-likeness (QED) is 0.810. The van der Waals surface area contributed by atoms with Gasteiger partial charge in [0, 0.05) is 12.1 Å². The first-order chi connectivity index (χ1) is 11.6. The average Bonchev–Trinajstić information content (AvgIpc) is 2.61. The minimum Gasteiger partial charge on any atom is -0.486 e. The molecule has 3 rings (SSSR count). The molecule has 24 heavy (non-hydrogen) atoms. The molecule has 0 saturated carbocycles. The number of para-hydroxylation sites is 2. The zero-order chi connectivity index (χ0) is 17.1. The van der Waals surface area contributed by atoms with E-state index in [1.807, 2.05) is 31.2 Å². The zero-order valence-electron chi connectivity index (χ0n) is 13.2. The second-order valence-electron chi connectivity index (χ2n) is 5.47. The van der Waals surface area contributed by atoms with Crippen molar-refractivity contribution in [2.45, 2.75) is 13.0 Å². The van der Waals surface area contributed by atoms with E-state index in [2.05, 4.69) is 0 Å². The lowest BCUT2D eigenvalue weighted by Crippen LogP contribution is -2.43. The zero-order valence-corrected chi connectivity index (χ0v) is 14.7. The molecule has 1 heterocycles. The van der Waals surface area contributed by atoms with Gasteiger partial charge in [-0.2, -0.15) is 0 Å². The second kappa shape index (κ2) is 7.32. The van der Waals surface area contributed by atoms with Gasteiger partial charge >= 0.3 is 0 Å². The highest BCUT2D eigenvalue weighted by atomic mass is 35.5. The summed E-state index contributed by atoms with van der Waals surface area (Å²) in [5.41, 5.74) is 0.503. The Bertz CT molecular complexity index is 751. The third-order valence-electron chi connectivity index (χ3n) is 3.83. The van der Waals surface area contributed by atoms with Crippen molar-refractivity contribution < 1.29 is 14.3 Å². The van der Waals surface area contributed by atoms with Crippen LogP contribution in [0.25, 0.3) is 0 Å². The minimum atomic E-state index is -0.216. The Hall–Kier alpha value is -1.91. The Morgan fingerprint density at radius 3 is 2.62 bits per heavy atom. The summed E-state index contributed by atoms with van der Waals surface area (Å²) in [5.74, 6) is 1.32. The molecule has 6 heteroatoms. The summed E-state index contributed by atoms with van der Waals surface area (Å²) in [6.07, 6.45) is -0.216. The summed E-state index contributed by atoms with van der Waals surface area (Å²) in [4.78, 5) is 14.4. The van der Waals surface area contributed by atoms with Crippen molar-refractivity contribution in [3.05, 3.63) is 58.1 Å². The molecule has 0 unspecified atom stereocenters. The largest absolute Gasteiger partial charge is 0.486 e. The van der Waals surface area contributed by atoms with Crippen LogP contribution in [0.4, 0.5) is 0 Å². The maximum Gasteiger partial charge on any atom is 0.254 e. The summed E-state index contributed by atoms with van der Waals surface area (Å²) in [7, 11) is 0. The maximum atomic E-state index is 12.7. The number of likely N-dealkylation sites (N-methyl/N-ethyl adjacent to an activating group) is 1. The lowest BCUT2D eigenvalue weighted by atomic mass is 10.2. The summed E-state index contributed by atoms with van der Waals surface area (Å²) in [6, 6.07) is 12.4. The number of fused-ring (bicyclic) bond motifs is 1. The van der Waals surface area contributed by atoms with Crippen LogP contribution >= 0.6 is 23.2 Å². The van der Waals surface area contributed by atoms with Crippen molar-refractivity contribution in [2.24, 2.45) is 0 Å². The van der Waals surface area contributed by atoms with Gasteiger partial charge < -0.3 is 14.4 Å². The molecule has 0 aliphatic carbocycles. The fourth-order valence-electron chi connectivity index (χ4n) is 2.57. The first-order valence-corrected chi connectivity index (χ1v) is 8.47. The maximum absolute atomic E-state index is 12.7. The third kappa shape index (κ3) is 3.60. The van der Waals surface area contributed by atoms with Gasteiger partial charge in [-0.15, -0.1) is 0 Å². The van der Waals surface area contributed by atoms with E-state index in [0.29, 0.717) is 41.1 Å². The molecule has 0 radical (unpaired) electrons. The molecular formula is C18H17Cl2NO3. The molecular weight excluding hydrogens is 349 g/mol. The molecule has 0 spiro atoms. The van der Waals surface area contributed by atoms with E-state index in [0.717, 1.165) is 5.75 Å². The van der Waals surface area contributed by atoms with Gasteiger partial charge in [0.15, 0.2) is 17.6 Å². The average molecular weight is 366 g/mol. The van der Waals surface area contributed by atoms with Crippen molar-refractivity contribution >= 4 is 29.1 Å². The highest BCUT2D eigenvalue weighted by molar-refractivity contribution is 6.42. The number of carbonyl (C=O) groups is 1. The molecule has 0 bridgehead atoms. The topological polar surface area (TPSA) is 38.8 Å². The van der Waals surface area contributed by atoms with E-state index in [-0.39, 0.29) is 12.0 Å². The van der Waals surface area contributed by atoms with E-state index in [4.69, 9.17) is 32.7 Å². The van der Waals surface area contributed by atoms with E-state index < -0.39 is 0 Å². The Morgan fingerprint density at radius 1 is 1.17 bits per heavy atom. The van der Waals surface area contributed by atoms with E-state index >= 15 is 0 Å². The normalized spacial score (nSPS) is 15.9. The molecule has 4 nitrogen and oxygen atoms in total. The third-order valence-corrected chi connectivity index (χ3v) is 4.57. The van der Waals surface area contributed by atoms with Crippen molar-refractivity contribution in [3.63, 3.8) is 0 Å². The van der Waals surface area contributed by atoms with Crippen LogP contribution in [0.5, 0.6) is 11.5 Å². The number of benzene rings is 2. The number of nitrogens with zero attached hydrogens (tertiary/aromatic N) is 1. The van der Waals surface area contributed by atoms with E-state index in [1.165, 1.54) is 0 Å². The summed E-state index contributed by atoms with van der Waals surface area (Å²) < 4.78 is 11.6. The SMILES string of the molecule is CCN(C[C@@H]1COc2ccccc2O1)C(=O)c1ccc(Cl)c(Cl)c1. The number of amides is 1. The predicted octanol–water partition coefficient (Wildman–Crippen LogP) is 4.30. The molecule has 1 aliphatic rings. The molecule has 0 fully saturated rings. The van der Waals surface area contributed by atoms with Crippen LogP contribution in [-0.2, 0) is 0 Å². The van der Waals surface area contributed by atoms with Crippen LogP contribution in [0.2, 0.25) is 10.0 Å². The van der Waals surface area contributed by atoms with Crippen LogP contribution in [0.3, 0.4) is 0 Å². The Kier molecular flexibility index (Phi) is 5.17. The molecule has 0 saturated heterocycles. The standard InChI is InChI=1S/C18H17Cl2NO3/c1-2-21(18(22)12-7-8-14(19)15(20)9-12)10-13-11-23-16-5-3-4-6-17(16)24-13/h3-9,13H,2,10-11H2,1H3/t13-/m1/s1. The number of rotatable bonds is 4. The number of carbonyl (C=O) groups excluding carboxylic acids is 1. The summed E-state index contributed by atoms with van der Waals surface area (Å²) in [6.45, 7) is 3.32. The molecule has 126 valence electrons. The van der Waals surface area contributed by atoms with Gasteiger partial charge in [0.2, 0.25) is 0 Å². The predicted molar refractivity (Wildman–Crippen MR) is 94.4 cm³/mol. The van der Waals surface area contributed by atoms with Crippen molar-refractivity contribution in [1.29, 1.82) is 0 Å². The molecule has 1 amide bonds. The van der Waals surface area contributed by atoms with Crippen molar-refractivity contribution in [2.75, 3.05) is 19.7 Å². The van der Waals surface area contributed by atoms with Crippen molar-refractivity contribution in [1.82, 2.24) is 4.90 Å². The second-order valence-corrected chi connectivity index (χ2v) is 6.28. The Labute approximate surface area is 150 Å². The fraction of sp³-hybridized carbons (Fsp3) is 0.278. The van der Waals surface area contributed by atoms with Gasteiger partial charge in [0.25, 0.3) is 5.91 Å². The molecule has 2 aromatic rings. The minimum absolute atomic E-state index is 0.112. The van der Waals surface area contributed by atoms with Crippen LogP contribution in [0.1, 0.15) is 17.3 Å². The monoisotopic (exact) mass is 365 g/mol. The number of halogens is 2. The highest BCUT2D eigenvalue weighted by Crippen LogP contribution is 2.31. The van der Waals surface area contributed by atoms with Gasteiger partial charge in [-0.1, -0.05) is 35.3 Å². The molecule has 0 aromatic heterocycles. The van der Waals surface area contributed by atoms with Gasteiger partial charge in [-0.3, -0.25) is 4.79 Å². The Morgan fingerprint density at radius 2 is 1.92 bits per heavy atom. The summed E-state index contributed by atoms with van der Waals surface area (Å²) in [5, 5.41) is 0.793. The molecule has 1 atom stereocenters. The van der Waals surface area contributed by atoms with Gasteiger partial charge in [-0.25, -0.2) is 0 Å². The Balaban J connectivity index is 1.71. The van der Waals surface area contributed by atoms with Crippen LogP contribution in [0, 0.1) is 0 Å². The fourth-order valence-corrected chi connectivity index (χ4v) is 2.86. The van der Waals surface area contributed by atoms with Crippen LogP contribution in [-0.4, -0.2) is 36.6 Å². The number of hydrogen-bond acceptors (Lipinski definition) is 3. The van der Waals surface area contributed by atoms with Crippen LogP contribution in [0.15, 0.2) is 42.5 Å². The molecule has 2 aromatic carbocycles. The number of hydrogen-bond donors (Lipinski definition) is 0. The van der Waals surface area contributed by atoms with Gasteiger partial charge in [0.05, 0.1) is 16.6 Å². The van der Waals surface area contributed by atoms with E-state index in [1.54, 1.807) is 23.1 Å². The highest BCUT2D eigenvalue weighted by Gasteiger charge is 2.25. The van der Waals surface area contributed by atoms with Crippen LogP contribution < -0.4 is 9.47 Å². The van der Waals surface area contributed by atoms with Gasteiger partial charge in [0.1, 0.15) is 6.61 Å². The molecule has 0 N–H and O–H groups in total. The lowest BCUT2D eigenvalue weighted by Gasteiger charge is -2.31. The first-order valence-electron chi connectivity index (χ1n) is 7.71. The van der Waals surface area contributed by atoms with E-state index in [9.17, 15) is 4.79 Å². The van der Waals surface area contributed by atoms with Crippen molar-refractivity contribution in [3.8, 4) is 11.5 Å². The smallest absolute Gasteiger partial charge is 0.254 e. The number of ether oxygens (including phenoxy) is 2.